The SMILES string of the molecule is NCCCc1cc2ccoc2c(Br)c1O. The first-order chi connectivity index (χ1) is 7.24. The number of rotatable bonds is 3. The predicted molar refractivity (Wildman–Crippen MR) is 63.0 cm³/mol. The topological polar surface area (TPSA) is 59.4 Å². The molecule has 0 bridgehead atoms. The first-order valence-electron chi connectivity index (χ1n) is 4.81. The van der Waals surface area contributed by atoms with Gasteiger partial charge < -0.3 is 15.3 Å². The summed E-state index contributed by atoms with van der Waals surface area (Å²) in [4.78, 5) is 0. The molecule has 4 heteroatoms. The van der Waals surface area contributed by atoms with Crippen molar-refractivity contribution in [3.8, 4) is 5.75 Å². The summed E-state index contributed by atoms with van der Waals surface area (Å²) in [7, 11) is 0. The number of phenols is 1. The molecule has 3 nitrogen and oxygen atoms in total. The third kappa shape index (κ3) is 1.87. The summed E-state index contributed by atoms with van der Waals surface area (Å²) in [6.45, 7) is 0.625. The highest BCUT2D eigenvalue weighted by Crippen LogP contribution is 2.36. The van der Waals surface area contributed by atoms with Gasteiger partial charge in [0.15, 0.2) is 5.58 Å². The van der Waals surface area contributed by atoms with Crippen molar-refractivity contribution in [3.05, 3.63) is 28.4 Å². The van der Waals surface area contributed by atoms with Crippen LogP contribution in [0.15, 0.2) is 27.3 Å². The summed E-state index contributed by atoms with van der Waals surface area (Å²) in [5.74, 6) is 0.255. The number of phenolic OH excluding ortho intramolecular Hbond substituents is 1. The summed E-state index contributed by atoms with van der Waals surface area (Å²) in [5.41, 5.74) is 7.03. The van der Waals surface area contributed by atoms with Gasteiger partial charge in [0.05, 0.1) is 6.26 Å². The molecular weight excluding hydrogens is 258 g/mol. The highest BCUT2D eigenvalue weighted by molar-refractivity contribution is 9.10. The Hall–Kier alpha value is -1.00. The van der Waals surface area contributed by atoms with Gasteiger partial charge in [-0.3, -0.25) is 0 Å². The number of hydrogen-bond donors (Lipinski definition) is 2. The molecule has 1 aromatic heterocycles. The van der Waals surface area contributed by atoms with Gasteiger partial charge in [-0.2, -0.15) is 0 Å². The third-order valence-electron chi connectivity index (χ3n) is 2.39. The van der Waals surface area contributed by atoms with Crippen LogP contribution in [0.25, 0.3) is 11.0 Å². The summed E-state index contributed by atoms with van der Waals surface area (Å²) in [6.07, 6.45) is 3.26. The molecule has 0 saturated heterocycles. The molecule has 0 saturated carbocycles. The fourth-order valence-corrected chi connectivity index (χ4v) is 2.18. The van der Waals surface area contributed by atoms with E-state index >= 15 is 0 Å². The molecule has 0 aliphatic carbocycles. The Morgan fingerprint density at radius 3 is 3.00 bits per heavy atom. The lowest BCUT2D eigenvalue weighted by atomic mass is 10.1. The number of nitrogens with two attached hydrogens (primary N) is 1. The Balaban J connectivity index is 2.50. The second-order valence-corrected chi connectivity index (χ2v) is 4.22. The minimum Gasteiger partial charge on any atom is -0.506 e. The van der Waals surface area contributed by atoms with E-state index in [0.717, 1.165) is 23.8 Å². The van der Waals surface area contributed by atoms with Crippen molar-refractivity contribution in [2.45, 2.75) is 12.8 Å². The third-order valence-corrected chi connectivity index (χ3v) is 3.12. The smallest absolute Gasteiger partial charge is 0.151 e. The Morgan fingerprint density at radius 1 is 1.47 bits per heavy atom. The van der Waals surface area contributed by atoms with Crippen molar-refractivity contribution in [1.82, 2.24) is 0 Å². The monoisotopic (exact) mass is 269 g/mol. The van der Waals surface area contributed by atoms with Gasteiger partial charge in [0.25, 0.3) is 0 Å². The van der Waals surface area contributed by atoms with Crippen molar-refractivity contribution in [1.29, 1.82) is 0 Å². The van der Waals surface area contributed by atoms with Crippen LogP contribution in [0.4, 0.5) is 0 Å². The summed E-state index contributed by atoms with van der Waals surface area (Å²) < 4.78 is 5.88. The molecule has 0 aliphatic heterocycles. The van der Waals surface area contributed by atoms with Crippen LogP contribution in [0.2, 0.25) is 0 Å². The quantitative estimate of drug-likeness (QED) is 0.901. The largest absolute Gasteiger partial charge is 0.506 e. The van der Waals surface area contributed by atoms with Gasteiger partial charge in [0, 0.05) is 5.39 Å². The molecule has 0 spiro atoms. The van der Waals surface area contributed by atoms with E-state index in [4.69, 9.17) is 10.2 Å². The van der Waals surface area contributed by atoms with Crippen molar-refractivity contribution in [2.75, 3.05) is 6.54 Å². The van der Waals surface area contributed by atoms with Crippen molar-refractivity contribution in [2.24, 2.45) is 5.73 Å². The molecule has 0 atom stereocenters. The molecule has 0 radical (unpaired) electrons. The average molecular weight is 270 g/mol. The fourth-order valence-electron chi connectivity index (χ4n) is 1.60. The van der Waals surface area contributed by atoms with Gasteiger partial charge in [-0.1, -0.05) is 0 Å². The second-order valence-electron chi connectivity index (χ2n) is 3.43. The van der Waals surface area contributed by atoms with Crippen LogP contribution >= 0.6 is 15.9 Å². The first-order valence-corrected chi connectivity index (χ1v) is 5.61. The molecule has 15 heavy (non-hydrogen) atoms. The van der Waals surface area contributed by atoms with E-state index in [-0.39, 0.29) is 5.75 Å². The number of hydrogen-bond acceptors (Lipinski definition) is 3. The Morgan fingerprint density at radius 2 is 2.27 bits per heavy atom. The number of benzene rings is 1. The Labute approximate surface area is 96.0 Å². The zero-order valence-corrected chi connectivity index (χ0v) is 9.75. The molecule has 1 heterocycles. The summed E-state index contributed by atoms with van der Waals surface area (Å²) in [5, 5.41) is 10.9. The number of aryl methyl sites for hydroxylation is 1. The Bertz CT molecular complexity index is 479. The van der Waals surface area contributed by atoms with E-state index in [9.17, 15) is 5.11 Å². The van der Waals surface area contributed by atoms with Gasteiger partial charge in [-0.15, -0.1) is 0 Å². The number of fused-ring (bicyclic) bond motifs is 1. The van der Waals surface area contributed by atoms with Crippen LogP contribution in [-0.2, 0) is 6.42 Å². The number of furan rings is 1. The van der Waals surface area contributed by atoms with Gasteiger partial charge in [-0.25, -0.2) is 0 Å². The number of aromatic hydroxyl groups is 1. The van der Waals surface area contributed by atoms with Gasteiger partial charge in [0.1, 0.15) is 10.2 Å². The van der Waals surface area contributed by atoms with E-state index < -0.39 is 0 Å². The Kier molecular flexibility index (Phi) is 2.98. The standard InChI is InChI=1S/C11H12BrNO2/c12-9-10(14)7(2-1-4-13)6-8-3-5-15-11(8)9/h3,5-6,14H,1-2,4,13H2. The van der Waals surface area contributed by atoms with Gasteiger partial charge in [0.2, 0.25) is 0 Å². The molecule has 0 fully saturated rings. The molecule has 3 N–H and O–H groups in total. The van der Waals surface area contributed by atoms with Crippen molar-refractivity contribution < 1.29 is 9.52 Å². The summed E-state index contributed by atoms with van der Waals surface area (Å²) >= 11 is 3.33. The summed E-state index contributed by atoms with van der Waals surface area (Å²) in [6, 6.07) is 3.82. The minimum atomic E-state index is 0.255. The van der Waals surface area contributed by atoms with Gasteiger partial charge >= 0.3 is 0 Å². The van der Waals surface area contributed by atoms with E-state index in [1.807, 2.05) is 12.1 Å². The maximum atomic E-state index is 9.89. The molecular formula is C11H12BrNO2. The van der Waals surface area contributed by atoms with Crippen molar-refractivity contribution >= 4 is 26.9 Å². The zero-order chi connectivity index (χ0) is 10.8. The molecule has 80 valence electrons. The van der Waals surface area contributed by atoms with Crippen LogP contribution < -0.4 is 5.73 Å². The van der Waals surface area contributed by atoms with Gasteiger partial charge in [-0.05, 0) is 53.0 Å². The second kappa shape index (κ2) is 4.24. The van der Waals surface area contributed by atoms with E-state index in [0.29, 0.717) is 16.6 Å². The van der Waals surface area contributed by atoms with E-state index in [2.05, 4.69) is 15.9 Å². The normalized spacial score (nSPS) is 11.1. The molecule has 0 aliphatic rings. The maximum absolute atomic E-state index is 9.89. The molecule has 0 amide bonds. The molecule has 2 rings (SSSR count). The lowest BCUT2D eigenvalue weighted by Crippen LogP contribution is -2.00. The molecule has 1 aromatic carbocycles. The molecule has 2 aromatic rings. The first kappa shape index (κ1) is 10.5. The predicted octanol–water partition coefficient (Wildman–Crippen LogP) is 2.79. The zero-order valence-electron chi connectivity index (χ0n) is 8.16. The average Bonchev–Trinajstić information content (AvgIpc) is 2.69. The fraction of sp³-hybridized carbons (Fsp3) is 0.273. The van der Waals surface area contributed by atoms with Crippen LogP contribution in [-0.4, -0.2) is 11.7 Å². The van der Waals surface area contributed by atoms with Crippen LogP contribution in [0.5, 0.6) is 5.75 Å². The minimum absolute atomic E-state index is 0.255. The highest BCUT2D eigenvalue weighted by Gasteiger charge is 2.12. The highest BCUT2D eigenvalue weighted by atomic mass is 79.9. The lowest BCUT2D eigenvalue weighted by Gasteiger charge is -2.06. The molecule has 0 unspecified atom stereocenters. The van der Waals surface area contributed by atoms with Crippen LogP contribution in [0, 0.1) is 0 Å². The van der Waals surface area contributed by atoms with E-state index in [1.54, 1.807) is 6.26 Å². The maximum Gasteiger partial charge on any atom is 0.151 e. The van der Waals surface area contributed by atoms with E-state index in [1.165, 1.54) is 0 Å². The van der Waals surface area contributed by atoms with Crippen molar-refractivity contribution in [3.63, 3.8) is 0 Å². The van der Waals surface area contributed by atoms with Crippen LogP contribution in [0.3, 0.4) is 0 Å². The van der Waals surface area contributed by atoms with Crippen LogP contribution in [0.1, 0.15) is 12.0 Å². The number of halogens is 1. The lowest BCUT2D eigenvalue weighted by molar-refractivity contribution is 0.463.